The maximum atomic E-state index is 6.40. The van der Waals surface area contributed by atoms with Crippen molar-refractivity contribution in [3.05, 3.63) is 89.5 Å². The molecule has 0 fully saturated rings. The first-order valence-electron chi connectivity index (χ1n) is 13.5. The average molecular weight is 543 g/mol. The van der Waals surface area contributed by atoms with Crippen molar-refractivity contribution in [2.75, 3.05) is 34.0 Å². The fourth-order valence-electron chi connectivity index (χ4n) is 3.96. The second-order valence-corrected chi connectivity index (χ2v) is 10.2. The van der Waals surface area contributed by atoms with Crippen molar-refractivity contribution in [3.8, 4) is 51.0 Å². The molecule has 0 saturated heterocycles. The van der Waals surface area contributed by atoms with Gasteiger partial charge in [-0.3, -0.25) is 0 Å². The van der Waals surface area contributed by atoms with Gasteiger partial charge in [0.15, 0.2) is 11.5 Å². The first-order valence-corrected chi connectivity index (χ1v) is 13.5. The van der Waals surface area contributed by atoms with Crippen LogP contribution in [0, 0.1) is 0 Å². The monoisotopic (exact) mass is 542 g/mol. The molecule has 0 radical (unpaired) electrons. The highest BCUT2D eigenvalue weighted by Gasteiger charge is 2.23. The van der Waals surface area contributed by atoms with Crippen molar-refractivity contribution in [2.24, 2.45) is 0 Å². The summed E-state index contributed by atoms with van der Waals surface area (Å²) < 4.78 is 30.0. The van der Waals surface area contributed by atoms with Crippen LogP contribution >= 0.6 is 0 Å². The first-order chi connectivity index (χ1) is 19.2. The predicted octanol–water partition coefficient (Wildman–Crippen LogP) is 9.07. The Balaban J connectivity index is 2.07. The molecule has 3 rings (SSSR count). The maximum absolute atomic E-state index is 6.40. The largest absolute Gasteiger partial charge is 0.496 e. The normalized spacial score (nSPS) is 10.3. The lowest BCUT2D eigenvalue weighted by Gasteiger charge is -2.21. The third-order valence-electron chi connectivity index (χ3n) is 6.13. The average Bonchev–Trinajstić information content (AvgIpc) is 2.92. The molecule has 3 aromatic carbocycles. The smallest absolute Gasteiger partial charge is 0.173 e. The molecule has 0 aromatic heterocycles. The van der Waals surface area contributed by atoms with Crippen molar-refractivity contribution in [1.29, 1.82) is 0 Å². The Morgan fingerprint density at radius 3 is 1.43 bits per heavy atom. The van der Waals surface area contributed by atoms with Gasteiger partial charge in [0, 0.05) is 5.56 Å². The number of hydrogen-bond donors (Lipinski definition) is 0. The molecule has 5 nitrogen and oxygen atoms in total. The van der Waals surface area contributed by atoms with Crippen LogP contribution in [0.1, 0.15) is 41.5 Å². The fraction of sp³-hybridized carbons (Fsp3) is 0.314. The number of hydrogen-bond acceptors (Lipinski definition) is 5. The summed E-state index contributed by atoms with van der Waals surface area (Å²) in [4.78, 5) is 0. The lowest BCUT2D eigenvalue weighted by atomic mass is 9.96. The van der Waals surface area contributed by atoms with Crippen molar-refractivity contribution < 1.29 is 23.7 Å². The number of benzene rings is 3. The van der Waals surface area contributed by atoms with Crippen LogP contribution < -0.4 is 23.7 Å². The van der Waals surface area contributed by atoms with E-state index in [1.54, 1.807) is 14.2 Å². The quantitative estimate of drug-likeness (QED) is 0.202. The summed E-state index contributed by atoms with van der Waals surface area (Å²) in [6, 6.07) is 17.9. The van der Waals surface area contributed by atoms with E-state index in [9.17, 15) is 0 Å². The van der Waals surface area contributed by atoms with E-state index < -0.39 is 0 Å². The van der Waals surface area contributed by atoms with Crippen LogP contribution in [0.5, 0.6) is 28.7 Å². The third kappa shape index (κ3) is 8.44. The SMILES string of the molecule is COc1cc(-c2ccc(OCC=C(C)C)cc2)c(OC)c(OCC=C(C)C)c1-c1ccc(OCC=C(C)C)cc1. The molecule has 5 heteroatoms. The summed E-state index contributed by atoms with van der Waals surface area (Å²) in [7, 11) is 3.34. The van der Waals surface area contributed by atoms with Crippen LogP contribution in [0.4, 0.5) is 0 Å². The van der Waals surface area contributed by atoms with Crippen LogP contribution in [0.15, 0.2) is 89.5 Å². The van der Waals surface area contributed by atoms with E-state index in [0.29, 0.717) is 37.1 Å². The highest BCUT2D eigenvalue weighted by molar-refractivity contribution is 5.88. The molecule has 3 aromatic rings. The summed E-state index contributed by atoms with van der Waals surface area (Å²) in [5.41, 5.74) is 7.20. The van der Waals surface area contributed by atoms with E-state index in [0.717, 1.165) is 33.8 Å². The summed E-state index contributed by atoms with van der Waals surface area (Å²) in [5, 5.41) is 0. The Kier molecular flexibility index (Phi) is 11.3. The Hall–Kier alpha value is -4.12. The van der Waals surface area contributed by atoms with Crippen molar-refractivity contribution in [3.63, 3.8) is 0 Å². The van der Waals surface area contributed by atoms with Crippen LogP contribution in [-0.4, -0.2) is 34.0 Å². The van der Waals surface area contributed by atoms with Gasteiger partial charge in [-0.1, -0.05) is 41.0 Å². The summed E-state index contributed by atoms with van der Waals surface area (Å²) in [6.45, 7) is 13.8. The lowest BCUT2D eigenvalue weighted by Crippen LogP contribution is -2.03. The molecule has 40 heavy (non-hydrogen) atoms. The van der Waals surface area contributed by atoms with Gasteiger partial charge in [0.1, 0.15) is 37.1 Å². The van der Waals surface area contributed by atoms with Crippen LogP contribution in [0.3, 0.4) is 0 Å². The summed E-state index contributed by atoms with van der Waals surface area (Å²) in [6.07, 6.45) is 6.15. The molecule has 0 aliphatic rings. The second-order valence-electron chi connectivity index (χ2n) is 10.2. The van der Waals surface area contributed by atoms with Gasteiger partial charge in [-0.15, -0.1) is 0 Å². The van der Waals surface area contributed by atoms with Crippen molar-refractivity contribution in [2.45, 2.75) is 41.5 Å². The molecular formula is C35H42O5. The minimum atomic E-state index is 0.402. The topological polar surface area (TPSA) is 46.2 Å². The number of allylic oxidation sites excluding steroid dienone is 3. The van der Waals surface area contributed by atoms with Crippen LogP contribution in [-0.2, 0) is 0 Å². The molecule has 0 heterocycles. The van der Waals surface area contributed by atoms with E-state index in [2.05, 4.69) is 39.8 Å². The lowest BCUT2D eigenvalue weighted by molar-refractivity contribution is 0.324. The molecule has 0 atom stereocenters. The van der Waals surface area contributed by atoms with Crippen LogP contribution in [0.25, 0.3) is 22.3 Å². The first kappa shape index (κ1) is 30.4. The number of rotatable bonds is 13. The summed E-state index contributed by atoms with van der Waals surface area (Å²) >= 11 is 0. The van der Waals surface area contributed by atoms with E-state index in [-0.39, 0.29) is 0 Å². The van der Waals surface area contributed by atoms with Crippen molar-refractivity contribution >= 4 is 0 Å². The molecule has 0 aliphatic heterocycles. The Morgan fingerprint density at radius 2 is 1.00 bits per heavy atom. The van der Waals surface area contributed by atoms with Crippen molar-refractivity contribution in [1.82, 2.24) is 0 Å². The standard InChI is InChI=1S/C35H42O5/c1-24(2)17-20-38-29-13-9-27(10-14-29)31-23-32(36-7)33(35(34(31)37-8)40-22-19-26(5)6)28-11-15-30(16-12-28)39-21-18-25(3)4/h9-19,23H,20-22H2,1-8H3. The molecule has 0 N–H and O–H groups in total. The second kappa shape index (κ2) is 14.9. The van der Waals surface area contributed by atoms with E-state index in [1.807, 2.05) is 74.5 Å². The molecular weight excluding hydrogens is 500 g/mol. The van der Waals surface area contributed by atoms with Gasteiger partial charge in [-0.2, -0.15) is 0 Å². The molecule has 0 saturated carbocycles. The van der Waals surface area contributed by atoms with Gasteiger partial charge in [0.25, 0.3) is 0 Å². The van der Waals surface area contributed by atoms with Crippen LogP contribution in [0.2, 0.25) is 0 Å². The maximum Gasteiger partial charge on any atom is 0.173 e. The fourth-order valence-corrected chi connectivity index (χ4v) is 3.96. The number of methoxy groups -OCH3 is 2. The molecule has 0 spiro atoms. The Labute approximate surface area is 239 Å². The van der Waals surface area contributed by atoms with Gasteiger partial charge in [0.05, 0.1) is 19.8 Å². The highest BCUT2D eigenvalue weighted by atomic mass is 16.5. The minimum absolute atomic E-state index is 0.402. The number of ether oxygens (including phenoxy) is 5. The van der Waals surface area contributed by atoms with Gasteiger partial charge >= 0.3 is 0 Å². The Bertz CT molecular complexity index is 1330. The molecule has 0 unspecified atom stereocenters. The van der Waals surface area contributed by atoms with Gasteiger partial charge < -0.3 is 23.7 Å². The van der Waals surface area contributed by atoms with E-state index in [4.69, 9.17) is 23.7 Å². The molecule has 0 bridgehead atoms. The van der Waals surface area contributed by atoms with Gasteiger partial charge in [0.2, 0.25) is 0 Å². The molecule has 0 amide bonds. The predicted molar refractivity (Wildman–Crippen MR) is 165 cm³/mol. The van der Waals surface area contributed by atoms with Gasteiger partial charge in [-0.25, -0.2) is 0 Å². The third-order valence-corrected chi connectivity index (χ3v) is 6.13. The molecule has 0 aliphatic carbocycles. The van der Waals surface area contributed by atoms with E-state index >= 15 is 0 Å². The zero-order chi connectivity index (χ0) is 29.1. The van der Waals surface area contributed by atoms with E-state index in [1.165, 1.54) is 16.7 Å². The molecule has 212 valence electrons. The zero-order valence-electron chi connectivity index (χ0n) is 25.1. The van der Waals surface area contributed by atoms with Gasteiger partial charge in [-0.05, 0) is 101 Å². The zero-order valence-corrected chi connectivity index (χ0v) is 25.1. The Morgan fingerprint density at radius 1 is 0.550 bits per heavy atom. The summed E-state index contributed by atoms with van der Waals surface area (Å²) in [5.74, 6) is 3.54. The minimum Gasteiger partial charge on any atom is -0.496 e. The highest BCUT2D eigenvalue weighted by Crippen LogP contribution is 2.50.